The lowest BCUT2D eigenvalue weighted by atomic mass is 10.0. The van der Waals surface area contributed by atoms with Gasteiger partial charge in [0.25, 0.3) is 0 Å². The first-order valence-electron chi connectivity index (χ1n) is 6.72. The number of anilines is 1. The maximum absolute atomic E-state index is 3.86. The van der Waals surface area contributed by atoms with Crippen LogP contribution in [0, 0.1) is 0 Å². The minimum atomic E-state index is 0.172. The fourth-order valence-corrected chi connectivity index (χ4v) is 2.41. The van der Waals surface area contributed by atoms with Crippen molar-refractivity contribution < 1.29 is 0 Å². The lowest BCUT2D eigenvalue weighted by Crippen LogP contribution is -2.40. The van der Waals surface area contributed by atoms with Gasteiger partial charge in [0.15, 0.2) is 0 Å². The highest BCUT2D eigenvalue weighted by molar-refractivity contribution is 5.56. The quantitative estimate of drug-likeness (QED) is 0.816. The molecule has 2 nitrogen and oxygen atoms in total. The van der Waals surface area contributed by atoms with Gasteiger partial charge in [0.2, 0.25) is 0 Å². The van der Waals surface area contributed by atoms with Crippen LogP contribution in [0.25, 0.3) is 0 Å². The lowest BCUT2D eigenvalue weighted by Gasteiger charge is -2.35. The van der Waals surface area contributed by atoms with E-state index in [-0.39, 0.29) is 5.54 Å². The van der Waals surface area contributed by atoms with E-state index in [4.69, 9.17) is 0 Å². The summed E-state index contributed by atoms with van der Waals surface area (Å²) in [5, 5.41) is 3.41. The second-order valence-corrected chi connectivity index (χ2v) is 6.01. The van der Waals surface area contributed by atoms with E-state index < -0.39 is 0 Å². The van der Waals surface area contributed by atoms with Crippen molar-refractivity contribution in [2.75, 3.05) is 18.4 Å². The zero-order valence-electron chi connectivity index (χ0n) is 11.8. The molecule has 0 saturated heterocycles. The molecule has 1 aliphatic heterocycles. The highest BCUT2D eigenvalue weighted by atomic mass is 15.2. The van der Waals surface area contributed by atoms with Gasteiger partial charge < -0.3 is 5.32 Å². The zero-order chi connectivity index (χ0) is 13.2. The third-order valence-corrected chi connectivity index (χ3v) is 3.55. The smallest absolute Gasteiger partial charge is 0.0373 e. The van der Waals surface area contributed by atoms with Crippen LogP contribution in [0.15, 0.2) is 30.9 Å². The Balaban J connectivity index is 2.14. The Hall–Kier alpha value is -1.28. The topological polar surface area (TPSA) is 15.3 Å². The summed E-state index contributed by atoms with van der Waals surface area (Å²) in [5.41, 5.74) is 4.34. The van der Waals surface area contributed by atoms with Crippen LogP contribution in [0.1, 0.15) is 31.9 Å². The second kappa shape index (κ2) is 5.15. The van der Waals surface area contributed by atoms with E-state index in [9.17, 15) is 0 Å². The molecular formula is C16H24N2. The minimum absolute atomic E-state index is 0.172. The second-order valence-electron chi connectivity index (χ2n) is 6.01. The van der Waals surface area contributed by atoms with Gasteiger partial charge in [-0.1, -0.05) is 18.2 Å². The molecule has 2 heteroatoms. The summed E-state index contributed by atoms with van der Waals surface area (Å²) in [6.07, 6.45) is 3.14. The Morgan fingerprint density at radius 1 is 1.39 bits per heavy atom. The van der Waals surface area contributed by atoms with Gasteiger partial charge in [-0.05, 0) is 44.4 Å². The highest BCUT2D eigenvalue weighted by Crippen LogP contribution is 2.25. The molecule has 2 rings (SSSR count). The van der Waals surface area contributed by atoms with E-state index in [0.29, 0.717) is 0 Å². The molecule has 0 radical (unpaired) electrons. The summed E-state index contributed by atoms with van der Waals surface area (Å²) in [7, 11) is 0. The first-order valence-corrected chi connectivity index (χ1v) is 6.72. The molecule has 0 unspecified atom stereocenters. The van der Waals surface area contributed by atoms with E-state index in [2.05, 4.69) is 55.8 Å². The maximum atomic E-state index is 3.86. The van der Waals surface area contributed by atoms with Crippen molar-refractivity contribution in [3.8, 4) is 0 Å². The molecule has 1 aromatic carbocycles. The number of hydrogen-bond donors (Lipinski definition) is 1. The molecule has 1 N–H and O–H groups in total. The number of fused-ring (bicyclic) bond motifs is 1. The van der Waals surface area contributed by atoms with Crippen LogP contribution in [0.5, 0.6) is 0 Å². The van der Waals surface area contributed by atoms with Crippen molar-refractivity contribution in [3.63, 3.8) is 0 Å². The maximum Gasteiger partial charge on any atom is 0.0373 e. The van der Waals surface area contributed by atoms with E-state index in [0.717, 1.165) is 26.1 Å². The molecule has 98 valence electrons. The standard InChI is InChI=1S/C16H24N2/c1-5-10-18(16(2,3)4)12-13-6-7-15-14(11-13)8-9-17-15/h5-7,11,17H,1,8-10,12H2,2-4H3. The summed E-state index contributed by atoms with van der Waals surface area (Å²) in [4.78, 5) is 2.45. The normalized spacial score (nSPS) is 14.4. The van der Waals surface area contributed by atoms with E-state index in [1.165, 1.54) is 16.8 Å². The lowest BCUT2D eigenvalue weighted by molar-refractivity contribution is 0.145. The molecule has 18 heavy (non-hydrogen) atoms. The Bertz CT molecular complexity index is 429. The molecular weight excluding hydrogens is 220 g/mol. The minimum Gasteiger partial charge on any atom is -0.384 e. The SMILES string of the molecule is C=CCN(Cc1ccc2c(c1)CCN2)C(C)(C)C. The largest absolute Gasteiger partial charge is 0.384 e. The zero-order valence-corrected chi connectivity index (χ0v) is 11.8. The van der Waals surface area contributed by atoms with Gasteiger partial charge in [0, 0.05) is 30.9 Å². The van der Waals surface area contributed by atoms with Crippen molar-refractivity contribution >= 4 is 5.69 Å². The summed E-state index contributed by atoms with van der Waals surface area (Å²) < 4.78 is 0. The van der Waals surface area contributed by atoms with Gasteiger partial charge in [-0.2, -0.15) is 0 Å². The van der Waals surface area contributed by atoms with Crippen molar-refractivity contribution in [2.45, 2.75) is 39.3 Å². The molecule has 1 aliphatic rings. The number of rotatable bonds is 4. The third-order valence-electron chi connectivity index (χ3n) is 3.55. The van der Waals surface area contributed by atoms with Crippen LogP contribution < -0.4 is 5.32 Å². The fourth-order valence-electron chi connectivity index (χ4n) is 2.41. The Kier molecular flexibility index (Phi) is 3.76. The number of benzene rings is 1. The van der Waals surface area contributed by atoms with Crippen molar-refractivity contribution in [3.05, 3.63) is 42.0 Å². The Morgan fingerprint density at radius 2 is 2.17 bits per heavy atom. The van der Waals surface area contributed by atoms with E-state index >= 15 is 0 Å². The molecule has 1 aromatic rings. The number of nitrogens with one attached hydrogen (secondary N) is 1. The molecule has 0 fully saturated rings. The predicted molar refractivity (Wildman–Crippen MR) is 79.0 cm³/mol. The van der Waals surface area contributed by atoms with Crippen LogP contribution in [0.4, 0.5) is 5.69 Å². The van der Waals surface area contributed by atoms with Gasteiger partial charge in [-0.15, -0.1) is 6.58 Å². The Labute approximate surface area is 111 Å². The third kappa shape index (κ3) is 2.94. The van der Waals surface area contributed by atoms with E-state index in [1.807, 2.05) is 6.08 Å². The number of nitrogens with zero attached hydrogens (tertiary/aromatic N) is 1. The summed E-state index contributed by atoms with van der Waals surface area (Å²) in [5.74, 6) is 0. The molecule has 0 amide bonds. The first-order chi connectivity index (χ1) is 8.50. The molecule has 0 aromatic heterocycles. The summed E-state index contributed by atoms with van der Waals surface area (Å²) in [6.45, 7) is 13.6. The van der Waals surface area contributed by atoms with Crippen LogP contribution in [-0.2, 0) is 13.0 Å². The molecule has 0 aliphatic carbocycles. The summed E-state index contributed by atoms with van der Waals surface area (Å²) in [6, 6.07) is 6.79. The summed E-state index contributed by atoms with van der Waals surface area (Å²) >= 11 is 0. The monoisotopic (exact) mass is 244 g/mol. The molecule has 0 bridgehead atoms. The van der Waals surface area contributed by atoms with E-state index in [1.54, 1.807) is 0 Å². The average Bonchev–Trinajstić information content (AvgIpc) is 2.74. The fraction of sp³-hybridized carbons (Fsp3) is 0.500. The highest BCUT2D eigenvalue weighted by Gasteiger charge is 2.20. The molecule has 1 heterocycles. The van der Waals surface area contributed by atoms with Crippen LogP contribution >= 0.6 is 0 Å². The van der Waals surface area contributed by atoms with Crippen molar-refractivity contribution in [1.82, 2.24) is 4.90 Å². The van der Waals surface area contributed by atoms with Crippen LogP contribution in [-0.4, -0.2) is 23.5 Å². The van der Waals surface area contributed by atoms with Gasteiger partial charge in [0.1, 0.15) is 0 Å². The van der Waals surface area contributed by atoms with Gasteiger partial charge in [-0.25, -0.2) is 0 Å². The van der Waals surface area contributed by atoms with Gasteiger partial charge in [-0.3, -0.25) is 4.90 Å². The molecule has 0 atom stereocenters. The first kappa shape index (κ1) is 13.2. The van der Waals surface area contributed by atoms with Crippen LogP contribution in [0.3, 0.4) is 0 Å². The predicted octanol–water partition coefficient (Wildman–Crippen LogP) is 3.44. The van der Waals surface area contributed by atoms with Gasteiger partial charge in [0.05, 0.1) is 0 Å². The Morgan fingerprint density at radius 3 is 2.83 bits per heavy atom. The molecule has 0 saturated carbocycles. The average molecular weight is 244 g/mol. The molecule has 0 spiro atoms. The van der Waals surface area contributed by atoms with Crippen molar-refractivity contribution in [2.24, 2.45) is 0 Å². The number of hydrogen-bond acceptors (Lipinski definition) is 2. The van der Waals surface area contributed by atoms with Crippen LogP contribution in [0.2, 0.25) is 0 Å². The van der Waals surface area contributed by atoms with Crippen molar-refractivity contribution in [1.29, 1.82) is 0 Å². The van der Waals surface area contributed by atoms with Gasteiger partial charge >= 0.3 is 0 Å².